The van der Waals surface area contributed by atoms with E-state index in [9.17, 15) is 0 Å². The lowest BCUT2D eigenvalue weighted by atomic mass is 10.0. The highest BCUT2D eigenvalue weighted by atomic mass is 32.2. The van der Waals surface area contributed by atoms with E-state index >= 15 is 0 Å². The first kappa shape index (κ1) is 17.8. The molecule has 0 spiro atoms. The SMILES string of the molecule is c1ccc(-c2ccc(CNCCSc3cccc4cnccc34)cc2)cc1. The highest BCUT2D eigenvalue weighted by Gasteiger charge is 2.01. The van der Waals surface area contributed by atoms with Gasteiger partial charge in [0.25, 0.3) is 0 Å². The maximum atomic E-state index is 4.20. The molecular formula is C24H22N2S. The third kappa shape index (κ3) is 4.57. The smallest absolute Gasteiger partial charge is 0.0346 e. The van der Waals surface area contributed by atoms with E-state index in [1.54, 1.807) is 0 Å². The maximum Gasteiger partial charge on any atom is 0.0346 e. The summed E-state index contributed by atoms with van der Waals surface area (Å²) in [4.78, 5) is 5.52. The Hall–Kier alpha value is -2.62. The molecule has 0 fully saturated rings. The molecule has 0 radical (unpaired) electrons. The molecule has 3 aromatic carbocycles. The van der Waals surface area contributed by atoms with Gasteiger partial charge in [0.1, 0.15) is 0 Å². The summed E-state index contributed by atoms with van der Waals surface area (Å²) in [5.41, 5.74) is 3.84. The predicted octanol–water partition coefficient (Wildman–Crippen LogP) is 5.78. The van der Waals surface area contributed by atoms with Crippen molar-refractivity contribution < 1.29 is 0 Å². The Morgan fingerprint density at radius 2 is 1.59 bits per heavy atom. The van der Waals surface area contributed by atoms with E-state index in [0.29, 0.717) is 0 Å². The minimum absolute atomic E-state index is 0.898. The topological polar surface area (TPSA) is 24.9 Å². The first-order valence-electron chi connectivity index (χ1n) is 9.21. The fourth-order valence-electron chi connectivity index (χ4n) is 3.13. The van der Waals surface area contributed by atoms with Crippen molar-refractivity contribution in [3.63, 3.8) is 0 Å². The number of pyridine rings is 1. The highest BCUT2D eigenvalue weighted by molar-refractivity contribution is 7.99. The van der Waals surface area contributed by atoms with Crippen molar-refractivity contribution in [1.82, 2.24) is 10.3 Å². The fraction of sp³-hybridized carbons (Fsp3) is 0.125. The Kier molecular flexibility index (Phi) is 5.83. The molecular weight excluding hydrogens is 348 g/mol. The zero-order valence-corrected chi connectivity index (χ0v) is 16.0. The number of rotatable bonds is 7. The van der Waals surface area contributed by atoms with E-state index < -0.39 is 0 Å². The number of fused-ring (bicyclic) bond motifs is 1. The van der Waals surface area contributed by atoms with Crippen LogP contribution in [-0.2, 0) is 6.54 Å². The molecule has 0 aliphatic carbocycles. The number of hydrogen-bond donors (Lipinski definition) is 1. The summed E-state index contributed by atoms with van der Waals surface area (Å²) in [6, 6.07) is 27.8. The lowest BCUT2D eigenvalue weighted by Crippen LogP contribution is -2.16. The van der Waals surface area contributed by atoms with Crippen LogP contribution in [0.4, 0.5) is 0 Å². The van der Waals surface area contributed by atoms with Gasteiger partial charge in [-0.05, 0) is 34.2 Å². The summed E-state index contributed by atoms with van der Waals surface area (Å²) in [6.07, 6.45) is 3.79. The molecule has 0 aliphatic heterocycles. The minimum atomic E-state index is 0.898. The number of thioether (sulfide) groups is 1. The summed E-state index contributed by atoms with van der Waals surface area (Å²) < 4.78 is 0. The summed E-state index contributed by atoms with van der Waals surface area (Å²) in [5, 5.41) is 6.03. The van der Waals surface area contributed by atoms with Crippen LogP contribution < -0.4 is 5.32 Å². The second kappa shape index (κ2) is 8.85. The van der Waals surface area contributed by atoms with Crippen molar-refractivity contribution >= 4 is 22.5 Å². The van der Waals surface area contributed by atoms with Crippen LogP contribution in [0.15, 0.2) is 96.2 Å². The molecule has 4 rings (SSSR count). The number of benzene rings is 3. The van der Waals surface area contributed by atoms with Gasteiger partial charge < -0.3 is 5.32 Å². The normalized spacial score (nSPS) is 11.0. The van der Waals surface area contributed by atoms with Crippen LogP contribution >= 0.6 is 11.8 Å². The summed E-state index contributed by atoms with van der Waals surface area (Å²) in [7, 11) is 0. The summed E-state index contributed by atoms with van der Waals surface area (Å²) in [5.74, 6) is 1.05. The summed E-state index contributed by atoms with van der Waals surface area (Å²) in [6.45, 7) is 1.88. The summed E-state index contributed by atoms with van der Waals surface area (Å²) >= 11 is 1.89. The van der Waals surface area contributed by atoms with E-state index in [1.807, 2.05) is 24.2 Å². The molecule has 1 heterocycles. The molecule has 0 saturated carbocycles. The van der Waals surface area contributed by atoms with Crippen molar-refractivity contribution in [3.05, 3.63) is 96.8 Å². The fourth-order valence-corrected chi connectivity index (χ4v) is 4.11. The van der Waals surface area contributed by atoms with Gasteiger partial charge in [0.2, 0.25) is 0 Å². The third-order valence-corrected chi connectivity index (χ3v) is 5.64. The van der Waals surface area contributed by atoms with E-state index in [4.69, 9.17) is 0 Å². The zero-order chi connectivity index (χ0) is 18.3. The molecule has 0 unspecified atom stereocenters. The van der Waals surface area contributed by atoms with Gasteiger partial charge in [-0.1, -0.05) is 66.7 Å². The largest absolute Gasteiger partial charge is 0.312 e. The Labute approximate surface area is 164 Å². The van der Waals surface area contributed by atoms with Gasteiger partial charge in [0, 0.05) is 41.5 Å². The molecule has 27 heavy (non-hydrogen) atoms. The van der Waals surface area contributed by atoms with Crippen molar-refractivity contribution in [3.8, 4) is 11.1 Å². The van der Waals surface area contributed by atoms with Crippen LogP contribution in [0.3, 0.4) is 0 Å². The lowest BCUT2D eigenvalue weighted by molar-refractivity contribution is 0.732. The molecule has 0 saturated heterocycles. The van der Waals surface area contributed by atoms with Crippen LogP contribution in [-0.4, -0.2) is 17.3 Å². The molecule has 0 bridgehead atoms. The van der Waals surface area contributed by atoms with Gasteiger partial charge in [-0.25, -0.2) is 0 Å². The van der Waals surface area contributed by atoms with Gasteiger partial charge in [0.15, 0.2) is 0 Å². The molecule has 0 atom stereocenters. The predicted molar refractivity (Wildman–Crippen MR) is 116 cm³/mol. The van der Waals surface area contributed by atoms with Gasteiger partial charge in [-0.2, -0.15) is 0 Å². The molecule has 134 valence electrons. The van der Waals surface area contributed by atoms with Crippen LogP contribution in [0.1, 0.15) is 5.56 Å². The van der Waals surface area contributed by atoms with Crippen molar-refractivity contribution in [2.45, 2.75) is 11.4 Å². The second-order valence-corrected chi connectivity index (χ2v) is 7.58. The number of hydrogen-bond acceptors (Lipinski definition) is 3. The highest BCUT2D eigenvalue weighted by Crippen LogP contribution is 2.26. The molecule has 3 heteroatoms. The molecule has 0 amide bonds. The van der Waals surface area contributed by atoms with Gasteiger partial charge in [-0.15, -0.1) is 11.8 Å². The van der Waals surface area contributed by atoms with Gasteiger partial charge in [-0.3, -0.25) is 4.98 Å². The molecule has 4 aromatic rings. The first-order valence-corrected chi connectivity index (χ1v) is 10.2. The van der Waals surface area contributed by atoms with Crippen molar-refractivity contribution in [2.24, 2.45) is 0 Å². The van der Waals surface area contributed by atoms with E-state index in [1.165, 1.54) is 32.4 Å². The monoisotopic (exact) mass is 370 g/mol. The number of nitrogens with zero attached hydrogens (tertiary/aromatic N) is 1. The maximum absolute atomic E-state index is 4.20. The lowest BCUT2D eigenvalue weighted by Gasteiger charge is -2.08. The molecule has 0 aliphatic rings. The molecule has 1 N–H and O–H groups in total. The van der Waals surface area contributed by atoms with Crippen LogP contribution in [0, 0.1) is 0 Å². The van der Waals surface area contributed by atoms with Crippen molar-refractivity contribution in [1.29, 1.82) is 0 Å². The van der Waals surface area contributed by atoms with E-state index in [-0.39, 0.29) is 0 Å². The van der Waals surface area contributed by atoms with Crippen LogP contribution in [0.2, 0.25) is 0 Å². The average Bonchev–Trinajstić information content (AvgIpc) is 2.75. The zero-order valence-electron chi connectivity index (χ0n) is 15.1. The Morgan fingerprint density at radius 3 is 2.44 bits per heavy atom. The number of aromatic nitrogens is 1. The Balaban J connectivity index is 1.27. The van der Waals surface area contributed by atoms with E-state index in [0.717, 1.165) is 18.8 Å². The van der Waals surface area contributed by atoms with Crippen LogP contribution in [0.5, 0.6) is 0 Å². The third-order valence-electron chi connectivity index (χ3n) is 4.57. The molecule has 1 aromatic heterocycles. The first-order chi connectivity index (χ1) is 13.4. The van der Waals surface area contributed by atoms with Gasteiger partial charge in [0.05, 0.1) is 0 Å². The van der Waals surface area contributed by atoms with Crippen LogP contribution in [0.25, 0.3) is 21.9 Å². The number of nitrogens with one attached hydrogen (secondary N) is 1. The molecule has 2 nitrogen and oxygen atoms in total. The van der Waals surface area contributed by atoms with E-state index in [2.05, 4.69) is 89.2 Å². The minimum Gasteiger partial charge on any atom is -0.312 e. The average molecular weight is 371 g/mol. The second-order valence-electron chi connectivity index (χ2n) is 6.44. The standard InChI is InChI=1S/C24H22N2S/c1-2-5-20(6-3-1)21-11-9-19(10-12-21)17-26-15-16-27-24-8-4-7-22-18-25-14-13-23(22)24/h1-14,18,26H,15-17H2. The van der Waals surface area contributed by atoms with Gasteiger partial charge >= 0.3 is 0 Å². The Bertz CT molecular complexity index is 992. The quantitative estimate of drug-likeness (QED) is 0.329. The van der Waals surface area contributed by atoms with Crippen molar-refractivity contribution in [2.75, 3.05) is 12.3 Å². The Morgan fingerprint density at radius 1 is 0.778 bits per heavy atom.